The fourth-order valence-electron chi connectivity index (χ4n) is 0.937. The lowest BCUT2D eigenvalue weighted by atomic mass is 10.2. The molecule has 0 atom stereocenters. The summed E-state index contributed by atoms with van der Waals surface area (Å²) in [6.45, 7) is 0. The van der Waals surface area contributed by atoms with Gasteiger partial charge in [-0.15, -0.1) is 0 Å². The first-order valence-electron chi connectivity index (χ1n) is 4.19. The summed E-state index contributed by atoms with van der Waals surface area (Å²) >= 11 is 0. The molecule has 6 heteroatoms. The zero-order valence-corrected chi connectivity index (χ0v) is 8.41. The Hall–Kier alpha value is -2.11. The second-order valence-corrected chi connectivity index (χ2v) is 3.09. The number of aromatic hydroxyl groups is 1. The summed E-state index contributed by atoms with van der Waals surface area (Å²) in [6, 6.07) is 3.78. The van der Waals surface area contributed by atoms with Gasteiger partial charge in [0.25, 0.3) is 5.69 Å². The average Bonchev–Trinajstić information content (AvgIpc) is 2.16. The van der Waals surface area contributed by atoms with Gasteiger partial charge in [-0.3, -0.25) is 10.1 Å². The van der Waals surface area contributed by atoms with E-state index in [0.717, 1.165) is 0 Å². The van der Waals surface area contributed by atoms with Crippen LogP contribution in [0.5, 0.6) is 5.75 Å². The third kappa shape index (κ3) is 2.94. The van der Waals surface area contributed by atoms with E-state index in [2.05, 4.69) is 5.10 Å². The summed E-state index contributed by atoms with van der Waals surface area (Å²) in [4.78, 5) is 9.95. The van der Waals surface area contributed by atoms with Gasteiger partial charge < -0.3 is 10.1 Å². The van der Waals surface area contributed by atoms with Crippen LogP contribution in [0.3, 0.4) is 0 Å². The van der Waals surface area contributed by atoms with E-state index in [0.29, 0.717) is 5.56 Å². The maximum Gasteiger partial charge on any atom is 0.270 e. The summed E-state index contributed by atoms with van der Waals surface area (Å²) < 4.78 is 0. The van der Waals surface area contributed by atoms with Crippen molar-refractivity contribution in [3.05, 3.63) is 33.9 Å². The van der Waals surface area contributed by atoms with Crippen molar-refractivity contribution >= 4 is 11.9 Å². The average molecular weight is 209 g/mol. The minimum absolute atomic E-state index is 0.0359. The van der Waals surface area contributed by atoms with Gasteiger partial charge in [0.1, 0.15) is 5.75 Å². The minimum Gasteiger partial charge on any atom is -0.507 e. The third-order valence-electron chi connectivity index (χ3n) is 1.65. The van der Waals surface area contributed by atoms with Crippen molar-refractivity contribution in [1.29, 1.82) is 0 Å². The molecule has 0 aliphatic rings. The van der Waals surface area contributed by atoms with E-state index in [1.54, 1.807) is 14.1 Å². The Balaban J connectivity index is 3.05. The van der Waals surface area contributed by atoms with E-state index in [1.807, 2.05) is 0 Å². The first-order chi connectivity index (χ1) is 7.00. The number of non-ortho nitro benzene ring substituents is 1. The minimum atomic E-state index is -0.521. The highest BCUT2D eigenvalue weighted by molar-refractivity contribution is 5.84. The lowest BCUT2D eigenvalue weighted by molar-refractivity contribution is -0.384. The van der Waals surface area contributed by atoms with E-state index < -0.39 is 4.92 Å². The standard InChI is InChI=1S/C9H11N3O3/c1-11(2)10-6-7-5-8(12(14)15)3-4-9(7)13/h3-6,13H,1-2H3/b10-6-. The second kappa shape index (κ2) is 4.41. The maximum absolute atomic E-state index is 10.5. The fraction of sp³-hybridized carbons (Fsp3) is 0.222. The maximum atomic E-state index is 10.5. The quantitative estimate of drug-likeness (QED) is 0.460. The topological polar surface area (TPSA) is 79.0 Å². The van der Waals surface area contributed by atoms with Gasteiger partial charge in [-0.25, -0.2) is 0 Å². The van der Waals surface area contributed by atoms with Crippen molar-refractivity contribution in [2.75, 3.05) is 14.1 Å². The van der Waals surface area contributed by atoms with Crippen LogP contribution in [0.2, 0.25) is 0 Å². The zero-order valence-electron chi connectivity index (χ0n) is 8.41. The molecule has 0 saturated heterocycles. The van der Waals surface area contributed by atoms with E-state index in [9.17, 15) is 15.2 Å². The van der Waals surface area contributed by atoms with Crippen LogP contribution in [-0.2, 0) is 0 Å². The lowest BCUT2D eigenvalue weighted by Gasteiger charge is -2.03. The molecule has 0 saturated carbocycles. The van der Waals surface area contributed by atoms with Crippen molar-refractivity contribution in [3.8, 4) is 5.75 Å². The number of rotatable bonds is 3. The summed E-state index contributed by atoms with van der Waals surface area (Å²) in [6.07, 6.45) is 1.36. The number of hydrogen-bond donors (Lipinski definition) is 1. The van der Waals surface area contributed by atoms with Crippen LogP contribution in [-0.4, -0.2) is 35.3 Å². The molecule has 0 fully saturated rings. The Morgan fingerprint density at radius 2 is 2.20 bits per heavy atom. The first kappa shape index (κ1) is 11.0. The van der Waals surface area contributed by atoms with Gasteiger partial charge in [-0.1, -0.05) is 0 Å². The molecule has 0 aromatic heterocycles. The molecule has 1 aromatic carbocycles. The Morgan fingerprint density at radius 1 is 1.53 bits per heavy atom. The van der Waals surface area contributed by atoms with Crippen molar-refractivity contribution in [2.45, 2.75) is 0 Å². The normalized spacial score (nSPS) is 10.5. The van der Waals surface area contributed by atoms with Gasteiger partial charge >= 0.3 is 0 Å². The van der Waals surface area contributed by atoms with Crippen LogP contribution in [0.1, 0.15) is 5.56 Å². The van der Waals surface area contributed by atoms with Crippen molar-refractivity contribution in [1.82, 2.24) is 5.01 Å². The van der Waals surface area contributed by atoms with E-state index in [-0.39, 0.29) is 11.4 Å². The van der Waals surface area contributed by atoms with Crippen LogP contribution in [0.25, 0.3) is 0 Å². The molecule has 6 nitrogen and oxygen atoms in total. The van der Waals surface area contributed by atoms with Gasteiger partial charge in [0.15, 0.2) is 0 Å². The number of nitro groups is 1. The zero-order chi connectivity index (χ0) is 11.4. The smallest absolute Gasteiger partial charge is 0.270 e. The molecule has 0 radical (unpaired) electrons. The Kier molecular flexibility index (Phi) is 3.22. The van der Waals surface area contributed by atoms with Gasteiger partial charge in [0.05, 0.1) is 11.1 Å². The molecule has 0 unspecified atom stereocenters. The van der Waals surface area contributed by atoms with Crippen molar-refractivity contribution in [2.24, 2.45) is 5.10 Å². The molecular weight excluding hydrogens is 198 g/mol. The SMILES string of the molecule is CN(C)/N=C\c1cc([N+](=O)[O-])ccc1O. The molecule has 1 rings (SSSR count). The predicted octanol–water partition coefficient (Wildman–Crippen LogP) is 1.20. The highest BCUT2D eigenvalue weighted by Gasteiger charge is 2.08. The predicted molar refractivity (Wildman–Crippen MR) is 56.0 cm³/mol. The number of nitro benzene ring substituents is 1. The van der Waals surface area contributed by atoms with E-state index in [1.165, 1.54) is 29.4 Å². The fourth-order valence-corrected chi connectivity index (χ4v) is 0.937. The Labute approximate surface area is 86.6 Å². The Morgan fingerprint density at radius 3 is 2.73 bits per heavy atom. The molecule has 80 valence electrons. The van der Waals surface area contributed by atoms with Gasteiger partial charge in [0, 0.05) is 31.8 Å². The number of hydrazone groups is 1. The van der Waals surface area contributed by atoms with Gasteiger partial charge in [0.2, 0.25) is 0 Å². The number of phenols is 1. The van der Waals surface area contributed by atoms with Crippen LogP contribution in [0, 0.1) is 10.1 Å². The Bertz CT molecular complexity index is 402. The third-order valence-corrected chi connectivity index (χ3v) is 1.65. The molecule has 0 spiro atoms. The number of benzene rings is 1. The second-order valence-electron chi connectivity index (χ2n) is 3.09. The summed E-state index contributed by atoms with van der Waals surface area (Å²) in [5.41, 5.74) is 0.242. The first-order valence-corrected chi connectivity index (χ1v) is 4.19. The summed E-state index contributed by atoms with van der Waals surface area (Å²) in [5, 5.41) is 25.3. The van der Waals surface area contributed by atoms with Gasteiger partial charge in [-0.05, 0) is 6.07 Å². The van der Waals surface area contributed by atoms with Gasteiger partial charge in [-0.2, -0.15) is 5.10 Å². The number of hydrogen-bond acceptors (Lipinski definition) is 5. The molecule has 15 heavy (non-hydrogen) atoms. The molecule has 0 aliphatic carbocycles. The summed E-state index contributed by atoms with van der Waals surface area (Å²) in [7, 11) is 3.43. The summed E-state index contributed by atoms with van der Waals surface area (Å²) in [5.74, 6) is -0.0359. The van der Waals surface area contributed by atoms with Crippen molar-refractivity contribution < 1.29 is 10.0 Å². The monoisotopic (exact) mass is 209 g/mol. The lowest BCUT2D eigenvalue weighted by Crippen LogP contribution is -2.02. The number of nitrogens with zero attached hydrogens (tertiary/aromatic N) is 3. The largest absolute Gasteiger partial charge is 0.507 e. The van der Waals surface area contributed by atoms with Crippen LogP contribution >= 0.6 is 0 Å². The van der Waals surface area contributed by atoms with Crippen LogP contribution in [0.4, 0.5) is 5.69 Å². The van der Waals surface area contributed by atoms with Crippen LogP contribution < -0.4 is 0 Å². The molecular formula is C9H11N3O3. The molecule has 1 aromatic rings. The highest BCUT2D eigenvalue weighted by Crippen LogP contribution is 2.21. The highest BCUT2D eigenvalue weighted by atomic mass is 16.6. The molecule has 0 amide bonds. The van der Waals surface area contributed by atoms with Crippen molar-refractivity contribution in [3.63, 3.8) is 0 Å². The number of phenolic OH excluding ortho intramolecular Hbond substituents is 1. The molecule has 1 N–H and O–H groups in total. The molecule has 0 bridgehead atoms. The van der Waals surface area contributed by atoms with E-state index >= 15 is 0 Å². The molecule has 0 aliphatic heterocycles. The van der Waals surface area contributed by atoms with E-state index in [4.69, 9.17) is 0 Å². The van der Waals surface area contributed by atoms with Crippen LogP contribution in [0.15, 0.2) is 23.3 Å². The molecule has 0 heterocycles.